The number of carbonyl (C=O) groups excluding carboxylic acids is 1. The van der Waals surface area contributed by atoms with Crippen LogP contribution in [0.4, 0.5) is 0 Å². The molecule has 3 nitrogen and oxygen atoms in total. The summed E-state index contributed by atoms with van der Waals surface area (Å²) >= 11 is 0. The summed E-state index contributed by atoms with van der Waals surface area (Å²) in [5.41, 5.74) is 0. The number of piperidine rings is 1. The van der Waals surface area contributed by atoms with Crippen molar-refractivity contribution in [2.75, 3.05) is 13.1 Å². The van der Waals surface area contributed by atoms with E-state index in [2.05, 4.69) is 24.5 Å². The molecule has 1 heterocycles. The zero-order chi connectivity index (χ0) is 13.0. The first-order valence-electron chi connectivity index (χ1n) is 7.65. The zero-order valence-electron chi connectivity index (χ0n) is 11.9. The van der Waals surface area contributed by atoms with E-state index in [1.54, 1.807) is 0 Å². The topological polar surface area (TPSA) is 41.1 Å². The molecular weight excluding hydrogens is 224 g/mol. The zero-order valence-corrected chi connectivity index (χ0v) is 11.9. The highest BCUT2D eigenvalue weighted by Crippen LogP contribution is 2.28. The molecule has 3 heteroatoms. The predicted octanol–water partition coefficient (Wildman–Crippen LogP) is 2.32. The van der Waals surface area contributed by atoms with Crippen LogP contribution in [0.3, 0.4) is 0 Å². The fraction of sp³-hybridized carbons (Fsp3) is 0.933. The average Bonchev–Trinajstić information content (AvgIpc) is 2.34. The summed E-state index contributed by atoms with van der Waals surface area (Å²) in [5.74, 6) is 2.30. The van der Waals surface area contributed by atoms with Crippen LogP contribution in [0, 0.1) is 17.8 Å². The number of nitrogens with one attached hydrogen (secondary N) is 2. The number of hydrogen-bond acceptors (Lipinski definition) is 2. The molecule has 2 fully saturated rings. The molecule has 4 atom stereocenters. The minimum atomic E-state index is 0.273. The summed E-state index contributed by atoms with van der Waals surface area (Å²) in [6, 6.07) is 0.422. The van der Waals surface area contributed by atoms with Gasteiger partial charge >= 0.3 is 0 Å². The smallest absolute Gasteiger partial charge is 0.220 e. The lowest BCUT2D eigenvalue weighted by Gasteiger charge is -2.33. The Balaban J connectivity index is 1.73. The SMILES string of the molecule is CC1CCC(NC(=O)CC2CCCNC2)C(C)C1. The van der Waals surface area contributed by atoms with Gasteiger partial charge in [-0.2, -0.15) is 0 Å². The molecule has 0 aromatic carbocycles. The van der Waals surface area contributed by atoms with Crippen molar-refractivity contribution in [2.45, 2.75) is 58.4 Å². The Morgan fingerprint density at radius 1 is 1.28 bits per heavy atom. The molecule has 18 heavy (non-hydrogen) atoms. The highest BCUT2D eigenvalue weighted by molar-refractivity contribution is 5.76. The van der Waals surface area contributed by atoms with E-state index in [4.69, 9.17) is 0 Å². The van der Waals surface area contributed by atoms with E-state index >= 15 is 0 Å². The summed E-state index contributed by atoms with van der Waals surface area (Å²) in [5, 5.41) is 6.65. The maximum atomic E-state index is 12.1. The lowest BCUT2D eigenvalue weighted by Crippen LogP contribution is -2.43. The van der Waals surface area contributed by atoms with Crippen LogP contribution in [-0.4, -0.2) is 25.0 Å². The number of rotatable bonds is 3. The first-order valence-corrected chi connectivity index (χ1v) is 7.65. The normalized spacial score (nSPS) is 37.2. The van der Waals surface area contributed by atoms with E-state index in [0.29, 0.717) is 24.3 Å². The van der Waals surface area contributed by atoms with Crippen LogP contribution < -0.4 is 10.6 Å². The van der Waals surface area contributed by atoms with E-state index in [-0.39, 0.29) is 5.91 Å². The molecule has 0 bridgehead atoms. The molecular formula is C15H28N2O. The second kappa shape index (κ2) is 6.55. The van der Waals surface area contributed by atoms with Gasteiger partial charge < -0.3 is 10.6 Å². The third kappa shape index (κ3) is 3.98. The molecule has 4 unspecified atom stereocenters. The van der Waals surface area contributed by atoms with Gasteiger partial charge in [-0.15, -0.1) is 0 Å². The van der Waals surface area contributed by atoms with Gasteiger partial charge in [0.25, 0.3) is 0 Å². The van der Waals surface area contributed by atoms with Crippen LogP contribution in [0.5, 0.6) is 0 Å². The number of carbonyl (C=O) groups is 1. The average molecular weight is 252 g/mol. The van der Waals surface area contributed by atoms with E-state index in [9.17, 15) is 4.79 Å². The molecule has 2 rings (SSSR count). The Morgan fingerprint density at radius 2 is 2.11 bits per heavy atom. The second-order valence-corrected chi connectivity index (χ2v) is 6.49. The van der Waals surface area contributed by atoms with Crippen LogP contribution in [0.25, 0.3) is 0 Å². The predicted molar refractivity (Wildman–Crippen MR) is 74.3 cm³/mol. The molecule has 1 aliphatic carbocycles. The van der Waals surface area contributed by atoms with Crippen LogP contribution in [0.1, 0.15) is 52.4 Å². The first-order chi connectivity index (χ1) is 8.65. The Kier molecular flexibility index (Phi) is 5.04. The largest absolute Gasteiger partial charge is 0.353 e. The summed E-state index contributed by atoms with van der Waals surface area (Å²) < 4.78 is 0. The van der Waals surface area contributed by atoms with Crippen molar-refractivity contribution in [1.82, 2.24) is 10.6 Å². The van der Waals surface area contributed by atoms with Crippen LogP contribution >= 0.6 is 0 Å². The molecule has 1 saturated carbocycles. The molecule has 0 aromatic heterocycles. The molecule has 2 N–H and O–H groups in total. The molecule has 0 aromatic rings. The maximum Gasteiger partial charge on any atom is 0.220 e. The van der Waals surface area contributed by atoms with Gasteiger partial charge in [0.15, 0.2) is 0 Å². The molecule has 0 radical (unpaired) electrons. The number of hydrogen-bond donors (Lipinski definition) is 2. The Hall–Kier alpha value is -0.570. The second-order valence-electron chi connectivity index (χ2n) is 6.49. The van der Waals surface area contributed by atoms with Gasteiger partial charge in [0.05, 0.1) is 0 Å². The highest BCUT2D eigenvalue weighted by atomic mass is 16.1. The molecule has 1 amide bonds. The van der Waals surface area contributed by atoms with Crippen molar-refractivity contribution >= 4 is 5.91 Å². The number of amides is 1. The summed E-state index contributed by atoms with van der Waals surface area (Å²) in [6.07, 6.45) is 6.83. The molecule has 1 aliphatic heterocycles. The van der Waals surface area contributed by atoms with Crippen LogP contribution in [0.15, 0.2) is 0 Å². The lowest BCUT2D eigenvalue weighted by atomic mass is 9.80. The summed E-state index contributed by atoms with van der Waals surface area (Å²) in [4.78, 5) is 12.1. The van der Waals surface area contributed by atoms with E-state index in [0.717, 1.165) is 25.4 Å². The highest BCUT2D eigenvalue weighted by Gasteiger charge is 2.27. The van der Waals surface area contributed by atoms with Gasteiger partial charge in [-0.05, 0) is 62.9 Å². The fourth-order valence-electron chi connectivity index (χ4n) is 3.51. The lowest BCUT2D eigenvalue weighted by molar-refractivity contribution is -0.123. The summed E-state index contributed by atoms with van der Waals surface area (Å²) in [6.45, 7) is 6.74. The van der Waals surface area contributed by atoms with Crippen molar-refractivity contribution in [3.8, 4) is 0 Å². The van der Waals surface area contributed by atoms with E-state index in [1.807, 2.05) is 0 Å². The van der Waals surface area contributed by atoms with Gasteiger partial charge in [0.1, 0.15) is 0 Å². The van der Waals surface area contributed by atoms with E-state index < -0.39 is 0 Å². The quantitative estimate of drug-likeness (QED) is 0.809. The van der Waals surface area contributed by atoms with Crippen molar-refractivity contribution in [3.63, 3.8) is 0 Å². The van der Waals surface area contributed by atoms with Gasteiger partial charge in [0.2, 0.25) is 5.91 Å². The minimum absolute atomic E-state index is 0.273. The maximum absolute atomic E-state index is 12.1. The van der Waals surface area contributed by atoms with Crippen molar-refractivity contribution in [3.05, 3.63) is 0 Å². The van der Waals surface area contributed by atoms with Crippen molar-refractivity contribution in [2.24, 2.45) is 17.8 Å². The standard InChI is InChI=1S/C15H28N2O/c1-11-5-6-14(12(2)8-11)17-15(18)9-13-4-3-7-16-10-13/h11-14,16H,3-10H2,1-2H3,(H,17,18). The first kappa shape index (κ1) is 13.9. The minimum Gasteiger partial charge on any atom is -0.353 e. The van der Waals surface area contributed by atoms with Crippen LogP contribution in [0.2, 0.25) is 0 Å². The Morgan fingerprint density at radius 3 is 2.78 bits per heavy atom. The fourth-order valence-corrected chi connectivity index (χ4v) is 3.51. The van der Waals surface area contributed by atoms with Gasteiger partial charge in [-0.3, -0.25) is 4.79 Å². The molecule has 1 saturated heterocycles. The molecule has 104 valence electrons. The van der Waals surface area contributed by atoms with Crippen molar-refractivity contribution < 1.29 is 4.79 Å². The van der Waals surface area contributed by atoms with Gasteiger partial charge in [0, 0.05) is 12.5 Å². The molecule has 0 spiro atoms. The van der Waals surface area contributed by atoms with Gasteiger partial charge in [-0.1, -0.05) is 13.8 Å². The Bertz CT molecular complexity index is 274. The van der Waals surface area contributed by atoms with Gasteiger partial charge in [-0.25, -0.2) is 0 Å². The third-order valence-electron chi connectivity index (χ3n) is 4.65. The van der Waals surface area contributed by atoms with E-state index in [1.165, 1.54) is 25.7 Å². The third-order valence-corrected chi connectivity index (χ3v) is 4.65. The monoisotopic (exact) mass is 252 g/mol. The summed E-state index contributed by atoms with van der Waals surface area (Å²) in [7, 11) is 0. The van der Waals surface area contributed by atoms with Crippen molar-refractivity contribution in [1.29, 1.82) is 0 Å². The van der Waals surface area contributed by atoms with Crippen LogP contribution in [-0.2, 0) is 4.79 Å². The Labute approximate surface area is 111 Å². The molecule has 2 aliphatic rings.